The average Bonchev–Trinajstić information content (AvgIpc) is 3.20. The highest BCUT2D eigenvalue weighted by molar-refractivity contribution is 7.53. The summed E-state index contributed by atoms with van der Waals surface area (Å²) in [6.07, 6.45) is 7.86. The molecular weight excluding hydrogens is 533 g/mol. The molecule has 0 amide bonds. The van der Waals surface area contributed by atoms with Gasteiger partial charge in [-0.05, 0) is 85.3 Å². The summed E-state index contributed by atoms with van der Waals surface area (Å²) in [6.45, 7) is 4.43. The normalized spacial score (nSPS) is 22.4. The topological polar surface area (TPSA) is 77.9 Å². The Morgan fingerprint density at radius 3 is 2.49 bits per heavy atom. The summed E-state index contributed by atoms with van der Waals surface area (Å²) in [5.41, 5.74) is 5.98. The highest BCUT2D eigenvalue weighted by Gasteiger charge is 2.35. The third-order valence-corrected chi connectivity index (χ3v) is 9.63. The Hall–Kier alpha value is -2.37. The molecule has 208 valence electrons. The van der Waals surface area contributed by atoms with E-state index in [0.717, 1.165) is 40.9 Å². The van der Waals surface area contributed by atoms with Crippen LogP contribution >= 0.6 is 19.2 Å². The fourth-order valence-corrected chi connectivity index (χ4v) is 7.39. The molecule has 1 aliphatic heterocycles. The van der Waals surface area contributed by atoms with Crippen LogP contribution in [0.25, 0.3) is 0 Å². The SMILES string of the molecule is Cc1cc(OCP2(=O)OCCC(c3cccc(Cl)c3)O2)cc(C)c1Cc1ccc(O)c(C2CCCCCC2)n1. The number of rotatable bonds is 7. The van der Waals surface area contributed by atoms with Gasteiger partial charge in [0, 0.05) is 29.5 Å². The Morgan fingerprint density at radius 1 is 1.03 bits per heavy atom. The molecule has 2 aliphatic rings. The van der Waals surface area contributed by atoms with E-state index >= 15 is 0 Å². The van der Waals surface area contributed by atoms with Crippen molar-refractivity contribution in [2.75, 3.05) is 13.0 Å². The Morgan fingerprint density at radius 2 is 1.77 bits per heavy atom. The quantitative estimate of drug-likeness (QED) is 0.226. The van der Waals surface area contributed by atoms with E-state index in [1.165, 1.54) is 31.2 Å². The lowest BCUT2D eigenvalue weighted by molar-refractivity contribution is 0.0725. The molecule has 2 heterocycles. The number of halogens is 1. The molecular formula is C31H37ClNO5P. The van der Waals surface area contributed by atoms with Gasteiger partial charge in [-0.2, -0.15) is 0 Å². The number of hydrogen-bond donors (Lipinski definition) is 1. The van der Waals surface area contributed by atoms with Crippen LogP contribution in [0.4, 0.5) is 0 Å². The molecule has 39 heavy (non-hydrogen) atoms. The monoisotopic (exact) mass is 569 g/mol. The van der Waals surface area contributed by atoms with E-state index in [4.69, 9.17) is 30.4 Å². The number of nitrogens with zero attached hydrogens (tertiary/aromatic N) is 1. The van der Waals surface area contributed by atoms with Gasteiger partial charge in [0.2, 0.25) is 0 Å². The van der Waals surface area contributed by atoms with E-state index in [9.17, 15) is 9.67 Å². The number of aromatic nitrogens is 1. The van der Waals surface area contributed by atoms with Crippen LogP contribution in [0, 0.1) is 13.8 Å². The van der Waals surface area contributed by atoms with Crippen LogP contribution in [0.5, 0.6) is 11.5 Å². The molecule has 3 aromatic rings. The molecule has 0 radical (unpaired) electrons. The average molecular weight is 570 g/mol. The lowest BCUT2D eigenvalue weighted by Crippen LogP contribution is -2.17. The second-order valence-electron chi connectivity index (χ2n) is 10.8. The molecule has 1 N–H and O–H groups in total. The molecule has 6 nitrogen and oxygen atoms in total. The van der Waals surface area contributed by atoms with Crippen molar-refractivity contribution in [3.63, 3.8) is 0 Å². The molecule has 1 aliphatic carbocycles. The van der Waals surface area contributed by atoms with Crippen LogP contribution < -0.4 is 4.74 Å². The minimum absolute atomic E-state index is 0.160. The van der Waals surface area contributed by atoms with Crippen molar-refractivity contribution in [3.05, 3.63) is 87.2 Å². The predicted molar refractivity (Wildman–Crippen MR) is 154 cm³/mol. The van der Waals surface area contributed by atoms with Gasteiger partial charge >= 0.3 is 7.60 Å². The molecule has 0 spiro atoms. The van der Waals surface area contributed by atoms with E-state index in [0.29, 0.717) is 41.9 Å². The maximum Gasteiger partial charge on any atom is 0.368 e. The van der Waals surface area contributed by atoms with Gasteiger partial charge in [-0.15, -0.1) is 0 Å². The summed E-state index contributed by atoms with van der Waals surface area (Å²) >= 11 is 6.13. The highest BCUT2D eigenvalue weighted by Crippen LogP contribution is 2.56. The van der Waals surface area contributed by atoms with Gasteiger partial charge < -0.3 is 14.4 Å². The molecule has 1 saturated heterocycles. The third-order valence-electron chi connectivity index (χ3n) is 7.80. The van der Waals surface area contributed by atoms with Crippen LogP contribution in [0.2, 0.25) is 5.02 Å². The van der Waals surface area contributed by atoms with Crippen molar-refractivity contribution in [2.45, 2.75) is 77.2 Å². The summed E-state index contributed by atoms with van der Waals surface area (Å²) in [5, 5.41) is 11.2. The maximum atomic E-state index is 13.3. The number of pyridine rings is 1. The van der Waals surface area contributed by atoms with E-state index in [1.54, 1.807) is 12.1 Å². The van der Waals surface area contributed by atoms with Gasteiger partial charge in [-0.25, -0.2) is 0 Å². The Balaban J connectivity index is 1.26. The van der Waals surface area contributed by atoms with Crippen molar-refractivity contribution in [2.24, 2.45) is 0 Å². The maximum absolute atomic E-state index is 13.3. The number of ether oxygens (including phenoxy) is 1. The molecule has 1 aromatic heterocycles. The number of benzene rings is 2. The van der Waals surface area contributed by atoms with E-state index in [2.05, 4.69) is 0 Å². The summed E-state index contributed by atoms with van der Waals surface area (Å²) in [6, 6.07) is 15.0. The van der Waals surface area contributed by atoms with Crippen molar-refractivity contribution >= 4 is 19.2 Å². The first kappa shape index (κ1) is 28.2. The van der Waals surface area contributed by atoms with E-state index in [1.807, 2.05) is 50.2 Å². The van der Waals surface area contributed by atoms with E-state index in [-0.39, 0.29) is 12.5 Å². The largest absolute Gasteiger partial charge is 0.506 e. The summed E-state index contributed by atoms with van der Waals surface area (Å²) in [4.78, 5) is 4.92. The third kappa shape index (κ3) is 7.05. The van der Waals surface area contributed by atoms with Crippen LogP contribution in [-0.2, 0) is 20.0 Å². The van der Waals surface area contributed by atoms with Crippen LogP contribution in [0.15, 0.2) is 48.5 Å². The fraction of sp³-hybridized carbons (Fsp3) is 0.452. The lowest BCUT2D eigenvalue weighted by atomic mass is 9.94. The summed E-state index contributed by atoms with van der Waals surface area (Å²) in [5.74, 6) is 1.26. The van der Waals surface area contributed by atoms with Crippen LogP contribution in [0.3, 0.4) is 0 Å². The van der Waals surface area contributed by atoms with Gasteiger partial charge in [0.15, 0.2) is 6.35 Å². The van der Waals surface area contributed by atoms with Crippen molar-refractivity contribution in [1.82, 2.24) is 4.98 Å². The van der Waals surface area contributed by atoms with Crippen LogP contribution in [-0.4, -0.2) is 23.0 Å². The molecule has 0 bridgehead atoms. The Labute approximate surface area is 236 Å². The number of aromatic hydroxyl groups is 1. The molecule has 2 unspecified atom stereocenters. The molecule has 1 saturated carbocycles. The smallest absolute Gasteiger partial charge is 0.368 e. The second kappa shape index (κ2) is 12.4. The minimum Gasteiger partial charge on any atom is -0.506 e. The highest BCUT2D eigenvalue weighted by atomic mass is 35.5. The van der Waals surface area contributed by atoms with Crippen molar-refractivity contribution < 1.29 is 23.5 Å². The standard InChI is InChI=1S/C31H37ClNO5P/c1-21-16-27(36-20-39(35)37-15-14-30(38-39)24-10-7-11-25(32)18-24)17-22(2)28(21)19-26-12-13-29(34)31(33-26)23-8-5-3-4-6-9-23/h7,10-13,16-18,23,30,34H,3-6,8-9,14-15,19-20H2,1-2H3. The first-order chi connectivity index (χ1) is 18.8. The number of hydrogen-bond acceptors (Lipinski definition) is 6. The van der Waals surface area contributed by atoms with Gasteiger partial charge in [-0.1, -0.05) is 49.4 Å². The molecule has 8 heteroatoms. The van der Waals surface area contributed by atoms with Crippen molar-refractivity contribution in [3.8, 4) is 11.5 Å². The molecule has 2 aromatic carbocycles. The molecule has 2 atom stereocenters. The lowest BCUT2D eigenvalue weighted by Gasteiger charge is -2.30. The van der Waals surface area contributed by atoms with Gasteiger partial charge in [0.1, 0.15) is 11.5 Å². The Bertz CT molecular complexity index is 1330. The summed E-state index contributed by atoms with van der Waals surface area (Å²) in [7, 11) is -3.44. The second-order valence-corrected chi connectivity index (χ2v) is 13.1. The molecule has 2 fully saturated rings. The Kier molecular flexibility index (Phi) is 8.98. The fourth-order valence-electron chi connectivity index (χ4n) is 5.69. The number of aryl methyl sites for hydroxylation is 2. The predicted octanol–water partition coefficient (Wildman–Crippen LogP) is 8.79. The molecule has 5 rings (SSSR count). The zero-order chi connectivity index (χ0) is 27.4. The summed E-state index contributed by atoms with van der Waals surface area (Å²) < 4.78 is 30.8. The zero-order valence-electron chi connectivity index (χ0n) is 22.7. The van der Waals surface area contributed by atoms with Crippen LogP contribution in [0.1, 0.15) is 90.6 Å². The van der Waals surface area contributed by atoms with Gasteiger partial charge in [0.25, 0.3) is 0 Å². The van der Waals surface area contributed by atoms with E-state index < -0.39 is 7.60 Å². The first-order valence-corrected chi connectivity index (χ1v) is 16.0. The van der Waals surface area contributed by atoms with Gasteiger partial charge in [0.05, 0.1) is 18.4 Å². The minimum atomic E-state index is -3.44. The van der Waals surface area contributed by atoms with Gasteiger partial charge in [-0.3, -0.25) is 14.1 Å². The first-order valence-electron chi connectivity index (χ1n) is 13.9. The zero-order valence-corrected chi connectivity index (χ0v) is 24.3. The van der Waals surface area contributed by atoms with Crippen molar-refractivity contribution in [1.29, 1.82) is 0 Å².